The summed E-state index contributed by atoms with van der Waals surface area (Å²) in [6.45, 7) is 0. The SMILES string of the molecule is COC(=O)c1cc(N)ccc1Oc1ccc(Br)cc1Br. The Hall–Kier alpha value is -1.53. The van der Waals surface area contributed by atoms with Gasteiger partial charge in [-0.3, -0.25) is 0 Å². The van der Waals surface area contributed by atoms with Crippen LogP contribution in [0, 0.1) is 0 Å². The molecule has 0 radical (unpaired) electrons. The zero-order chi connectivity index (χ0) is 14.7. The molecule has 6 heteroatoms. The van der Waals surface area contributed by atoms with Crippen LogP contribution >= 0.6 is 31.9 Å². The Morgan fingerprint density at radius 1 is 1.10 bits per heavy atom. The Labute approximate surface area is 133 Å². The molecule has 2 aromatic carbocycles. The fourth-order valence-corrected chi connectivity index (χ4v) is 2.71. The number of hydrogen-bond donors (Lipinski definition) is 1. The van der Waals surface area contributed by atoms with Crippen LogP contribution in [0.15, 0.2) is 45.3 Å². The number of carbonyl (C=O) groups excluding carboxylic acids is 1. The summed E-state index contributed by atoms with van der Waals surface area (Å²) in [7, 11) is 1.31. The lowest BCUT2D eigenvalue weighted by Crippen LogP contribution is -2.04. The zero-order valence-corrected chi connectivity index (χ0v) is 13.7. The highest BCUT2D eigenvalue weighted by Crippen LogP contribution is 2.34. The third kappa shape index (κ3) is 3.32. The van der Waals surface area contributed by atoms with Crippen molar-refractivity contribution in [2.75, 3.05) is 12.8 Å². The number of esters is 1. The second kappa shape index (κ2) is 6.28. The Morgan fingerprint density at radius 3 is 2.45 bits per heavy atom. The first-order valence-electron chi connectivity index (χ1n) is 5.62. The highest BCUT2D eigenvalue weighted by Gasteiger charge is 2.15. The second-order valence-electron chi connectivity index (χ2n) is 3.92. The second-order valence-corrected chi connectivity index (χ2v) is 5.69. The van der Waals surface area contributed by atoms with Crippen molar-refractivity contribution in [1.82, 2.24) is 0 Å². The molecule has 0 atom stereocenters. The van der Waals surface area contributed by atoms with Crippen LogP contribution in [0.25, 0.3) is 0 Å². The lowest BCUT2D eigenvalue weighted by Gasteiger charge is -2.12. The van der Waals surface area contributed by atoms with Crippen LogP contribution in [-0.2, 0) is 4.74 Å². The van der Waals surface area contributed by atoms with Gasteiger partial charge in [-0.25, -0.2) is 4.79 Å². The quantitative estimate of drug-likeness (QED) is 0.613. The van der Waals surface area contributed by atoms with Gasteiger partial charge in [0, 0.05) is 10.2 Å². The molecule has 0 unspecified atom stereocenters. The third-order valence-corrected chi connectivity index (χ3v) is 3.64. The number of carbonyl (C=O) groups is 1. The first-order chi connectivity index (χ1) is 9.51. The average molecular weight is 401 g/mol. The van der Waals surface area contributed by atoms with E-state index < -0.39 is 5.97 Å². The van der Waals surface area contributed by atoms with E-state index in [1.165, 1.54) is 13.2 Å². The van der Waals surface area contributed by atoms with Crippen molar-refractivity contribution in [2.45, 2.75) is 0 Å². The lowest BCUT2D eigenvalue weighted by atomic mass is 10.2. The smallest absolute Gasteiger partial charge is 0.341 e. The molecule has 104 valence electrons. The number of nitrogens with two attached hydrogens (primary N) is 1. The Bertz CT molecular complexity index is 659. The molecule has 0 bridgehead atoms. The van der Waals surface area contributed by atoms with Gasteiger partial charge in [-0.2, -0.15) is 0 Å². The summed E-state index contributed by atoms with van der Waals surface area (Å²) in [5, 5.41) is 0. The Morgan fingerprint density at radius 2 is 1.80 bits per heavy atom. The maximum absolute atomic E-state index is 11.7. The summed E-state index contributed by atoms with van der Waals surface area (Å²) in [5.74, 6) is 0.470. The maximum Gasteiger partial charge on any atom is 0.341 e. The molecular weight excluding hydrogens is 390 g/mol. The van der Waals surface area contributed by atoms with Crippen LogP contribution < -0.4 is 10.5 Å². The van der Waals surface area contributed by atoms with Crippen molar-refractivity contribution in [3.63, 3.8) is 0 Å². The van der Waals surface area contributed by atoms with Gasteiger partial charge in [0.2, 0.25) is 0 Å². The predicted molar refractivity (Wildman–Crippen MR) is 84.1 cm³/mol. The first kappa shape index (κ1) is 14.9. The number of hydrogen-bond acceptors (Lipinski definition) is 4. The molecule has 0 aliphatic carbocycles. The lowest BCUT2D eigenvalue weighted by molar-refractivity contribution is 0.0598. The molecule has 0 aromatic heterocycles. The molecule has 20 heavy (non-hydrogen) atoms. The van der Waals surface area contributed by atoms with Gasteiger partial charge in [0.25, 0.3) is 0 Å². The normalized spacial score (nSPS) is 10.2. The van der Waals surface area contributed by atoms with E-state index in [1.807, 2.05) is 12.1 Å². The van der Waals surface area contributed by atoms with E-state index in [0.29, 0.717) is 17.2 Å². The summed E-state index contributed by atoms with van der Waals surface area (Å²) in [6.07, 6.45) is 0. The number of halogens is 2. The van der Waals surface area contributed by atoms with Gasteiger partial charge < -0.3 is 15.2 Å². The Kier molecular flexibility index (Phi) is 4.67. The van der Waals surface area contributed by atoms with E-state index in [-0.39, 0.29) is 5.56 Å². The van der Waals surface area contributed by atoms with Gasteiger partial charge in [0.05, 0.1) is 11.6 Å². The van der Waals surface area contributed by atoms with Crippen LogP contribution in [0.1, 0.15) is 10.4 Å². The highest BCUT2D eigenvalue weighted by molar-refractivity contribution is 9.11. The van der Waals surface area contributed by atoms with Crippen LogP contribution in [0.3, 0.4) is 0 Å². The number of nitrogen functional groups attached to an aromatic ring is 1. The van der Waals surface area contributed by atoms with E-state index in [0.717, 1.165) is 8.95 Å². The largest absolute Gasteiger partial charge is 0.465 e. The Balaban J connectivity index is 2.40. The maximum atomic E-state index is 11.7. The van der Waals surface area contributed by atoms with Gasteiger partial charge in [-0.1, -0.05) is 15.9 Å². The van der Waals surface area contributed by atoms with Gasteiger partial charge >= 0.3 is 5.97 Å². The number of rotatable bonds is 3. The number of benzene rings is 2. The number of anilines is 1. The van der Waals surface area contributed by atoms with Crippen molar-refractivity contribution >= 4 is 43.5 Å². The van der Waals surface area contributed by atoms with Crippen LogP contribution in [0.2, 0.25) is 0 Å². The molecule has 0 heterocycles. The first-order valence-corrected chi connectivity index (χ1v) is 7.20. The summed E-state index contributed by atoms with van der Waals surface area (Å²) in [5.41, 5.74) is 6.43. The summed E-state index contributed by atoms with van der Waals surface area (Å²) in [6, 6.07) is 10.3. The van der Waals surface area contributed by atoms with E-state index >= 15 is 0 Å². The molecule has 4 nitrogen and oxygen atoms in total. The summed E-state index contributed by atoms with van der Waals surface area (Å²) >= 11 is 6.77. The topological polar surface area (TPSA) is 61.5 Å². The molecule has 0 fully saturated rings. The molecular formula is C14H11Br2NO3. The van der Waals surface area contributed by atoms with Gasteiger partial charge in [0.15, 0.2) is 0 Å². The van der Waals surface area contributed by atoms with E-state index in [9.17, 15) is 4.79 Å². The minimum atomic E-state index is -0.500. The number of ether oxygens (including phenoxy) is 2. The fraction of sp³-hybridized carbons (Fsp3) is 0.0714. The highest BCUT2D eigenvalue weighted by atomic mass is 79.9. The van der Waals surface area contributed by atoms with Crippen molar-refractivity contribution in [3.8, 4) is 11.5 Å². The van der Waals surface area contributed by atoms with Crippen molar-refractivity contribution < 1.29 is 14.3 Å². The molecule has 0 saturated heterocycles. The molecule has 0 aliphatic rings. The number of methoxy groups -OCH3 is 1. The molecule has 2 aromatic rings. The minimum absolute atomic E-state index is 0.280. The molecule has 0 aliphatic heterocycles. The van der Waals surface area contributed by atoms with Crippen molar-refractivity contribution in [2.24, 2.45) is 0 Å². The summed E-state index contributed by atoms with van der Waals surface area (Å²) < 4.78 is 12.2. The zero-order valence-electron chi connectivity index (χ0n) is 10.5. The van der Waals surface area contributed by atoms with E-state index in [1.54, 1.807) is 18.2 Å². The van der Waals surface area contributed by atoms with Crippen LogP contribution in [0.5, 0.6) is 11.5 Å². The molecule has 0 spiro atoms. The molecule has 0 amide bonds. The average Bonchev–Trinajstić information content (AvgIpc) is 2.42. The van der Waals surface area contributed by atoms with Crippen molar-refractivity contribution in [3.05, 3.63) is 50.9 Å². The standard InChI is InChI=1S/C14H11Br2NO3/c1-19-14(18)10-7-9(17)3-5-12(10)20-13-4-2-8(15)6-11(13)16/h2-7H,17H2,1H3. The predicted octanol–water partition coefficient (Wildman–Crippen LogP) is 4.37. The van der Waals surface area contributed by atoms with Gasteiger partial charge in [0.1, 0.15) is 17.1 Å². The van der Waals surface area contributed by atoms with Crippen LogP contribution in [-0.4, -0.2) is 13.1 Å². The molecule has 2 N–H and O–H groups in total. The van der Waals surface area contributed by atoms with E-state index in [4.69, 9.17) is 15.2 Å². The fourth-order valence-electron chi connectivity index (χ4n) is 1.58. The van der Waals surface area contributed by atoms with Gasteiger partial charge in [-0.15, -0.1) is 0 Å². The van der Waals surface area contributed by atoms with Gasteiger partial charge in [-0.05, 0) is 52.3 Å². The molecule has 2 rings (SSSR count). The summed E-state index contributed by atoms with van der Waals surface area (Å²) in [4.78, 5) is 11.7. The van der Waals surface area contributed by atoms with Crippen molar-refractivity contribution in [1.29, 1.82) is 0 Å². The molecule has 0 saturated carbocycles. The monoisotopic (exact) mass is 399 g/mol. The van der Waals surface area contributed by atoms with E-state index in [2.05, 4.69) is 31.9 Å². The third-order valence-electron chi connectivity index (χ3n) is 2.52. The minimum Gasteiger partial charge on any atom is -0.465 e. The van der Waals surface area contributed by atoms with Crippen LogP contribution in [0.4, 0.5) is 5.69 Å².